The largest absolute Gasteiger partial charge is 0.348 e. The number of nitro benzene ring substituents is 1. The molecule has 1 aromatic carbocycles. The number of thioether (sulfide) groups is 1. The molecule has 0 heterocycles. The molecule has 12 nitrogen and oxygen atoms in total. The second-order valence-corrected chi connectivity index (χ2v) is 8.56. The fourth-order valence-corrected chi connectivity index (χ4v) is 3.67. The first-order valence-electron chi connectivity index (χ1n) is 11.9. The highest BCUT2D eigenvalue weighted by Crippen LogP contribution is 2.23. The highest BCUT2D eigenvalue weighted by atomic mass is 32.2. The molecular formula is C24H42N6O6S. The Hall–Kier alpha value is -2.87. The topological polar surface area (TPSA) is 200 Å². The van der Waals surface area contributed by atoms with E-state index in [-0.39, 0.29) is 36.0 Å². The number of hydrogen-bond acceptors (Lipinski definition) is 10. The van der Waals surface area contributed by atoms with Crippen LogP contribution in [0.3, 0.4) is 0 Å². The third-order valence-electron chi connectivity index (χ3n) is 5.30. The van der Waals surface area contributed by atoms with Crippen LogP contribution in [0.2, 0.25) is 0 Å². The first-order valence-corrected chi connectivity index (χ1v) is 13.2. The van der Waals surface area contributed by atoms with Crippen molar-refractivity contribution in [2.75, 3.05) is 33.4 Å². The van der Waals surface area contributed by atoms with E-state index in [1.54, 1.807) is 13.1 Å². The van der Waals surface area contributed by atoms with Gasteiger partial charge < -0.3 is 32.2 Å². The minimum atomic E-state index is -0.640. The summed E-state index contributed by atoms with van der Waals surface area (Å²) in [6, 6.07) is 3.25. The van der Waals surface area contributed by atoms with Crippen molar-refractivity contribution < 1.29 is 24.1 Å². The second kappa shape index (κ2) is 22.3. The Bertz CT molecular complexity index is 842. The first kappa shape index (κ1) is 36.3. The lowest BCUT2D eigenvalue weighted by molar-refractivity contribution is -0.384. The summed E-state index contributed by atoms with van der Waals surface area (Å²) < 4.78 is 0. The SMILES string of the molecule is CCC(C)C(NC)C(=O)NC(CCCCN)C(=O)NCC=O.CN.CSc1ccc([N+](=O)[O-])cc1C=O. The Balaban J connectivity index is 0. The van der Waals surface area contributed by atoms with Crippen molar-refractivity contribution >= 4 is 41.8 Å². The van der Waals surface area contributed by atoms with Gasteiger partial charge in [0.05, 0.1) is 17.5 Å². The fraction of sp³-hybridized carbons (Fsp3) is 0.583. The predicted molar refractivity (Wildman–Crippen MR) is 147 cm³/mol. The van der Waals surface area contributed by atoms with Gasteiger partial charge in [0, 0.05) is 22.6 Å². The summed E-state index contributed by atoms with van der Waals surface area (Å²) >= 11 is 1.39. The summed E-state index contributed by atoms with van der Waals surface area (Å²) in [4.78, 5) is 55.9. The molecule has 0 saturated carbocycles. The van der Waals surface area contributed by atoms with Gasteiger partial charge in [-0.3, -0.25) is 24.5 Å². The molecule has 0 radical (unpaired) electrons. The molecule has 1 rings (SSSR count). The van der Waals surface area contributed by atoms with Crippen LogP contribution in [0, 0.1) is 16.0 Å². The van der Waals surface area contributed by atoms with Crippen molar-refractivity contribution in [3.63, 3.8) is 0 Å². The van der Waals surface area contributed by atoms with E-state index in [9.17, 15) is 29.3 Å². The summed E-state index contributed by atoms with van der Waals surface area (Å²) in [5, 5.41) is 18.6. The Morgan fingerprint density at radius 2 is 1.84 bits per heavy atom. The van der Waals surface area contributed by atoms with Gasteiger partial charge in [0.15, 0.2) is 6.29 Å². The van der Waals surface area contributed by atoms with Gasteiger partial charge in [0.25, 0.3) is 5.69 Å². The van der Waals surface area contributed by atoms with E-state index in [0.29, 0.717) is 31.1 Å². The van der Waals surface area contributed by atoms with Crippen LogP contribution in [0.1, 0.15) is 49.9 Å². The van der Waals surface area contributed by atoms with Gasteiger partial charge in [0.2, 0.25) is 11.8 Å². The number of carbonyl (C=O) groups is 4. The van der Waals surface area contributed by atoms with E-state index in [1.807, 2.05) is 20.1 Å². The number of non-ortho nitro benzene ring substituents is 1. The molecule has 1 aromatic rings. The average Bonchev–Trinajstić information content (AvgIpc) is 2.92. The third kappa shape index (κ3) is 14.5. The van der Waals surface area contributed by atoms with E-state index in [4.69, 9.17) is 5.73 Å². The number of nitrogens with two attached hydrogens (primary N) is 2. The number of benzene rings is 1. The lowest BCUT2D eigenvalue weighted by Gasteiger charge is -2.25. The van der Waals surface area contributed by atoms with Crippen LogP contribution in [-0.4, -0.2) is 74.8 Å². The molecule has 3 atom stereocenters. The number of carbonyl (C=O) groups excluding carboxylic acids is 4. The van der Waals surface area contributed by atoms with E-state index < -0.39 is 11.0 Å². The summed E-state index contributed by atoms with van der Waals surface area (Å²) in [7, 11) is 3.23. The zero-order chi connectivity index (χ0) is 28.8. The van der Waals surface area contributed by atoms with Gasteiger partial charge >= 0.3 is 0 Å². The second-order valence-electron chi connectivity index (χ2n) is 7.71. The molecule has 0 aliphatic rings. The Morgan fingerprint density at radius 1 is 1.19 bits per heavy atom. The molecule has 3 unspecified atom stereocenters. The average molecular weight is 543 g/mol. The lowest BCUT2D eigenvalue weighted by atomic mass is 9.98. The van der Waals surface area contributed by atoms with Gasteiger partial charge in [-0.1, -0.05) is 20.3 Å². The number of nitrogens with one attached hydrogen (secondary N) is 3. The Morgan fingerprint density at radius 3 is 2.30 bits per heavy atom. The smallest absolute Gasteiger partial charge is 0.270 e. The monoisotopic (exact) mass is 542 g/mol. The van der Waals surface area contributed by atoms with Crippen LogP contribution in [-0.2, 0) is 14.4 Å². The number of hydrogen-bond donors (Lipinski definition) is 5. The lowest BCUT2D eigenvalue weighted by Crippen LogP contribution is -2.54. The standard InChI is InChI=1S/C15H30N4O3.C8H7NO3S.CH5N/c1-4-11(2)13(17-3)15(22)19-12(7-5-6-8-16)14(21)18-9-10-20;1-13-8-3-2-7(9(11)12)4-6(8)5-10;1-2/h10-13,17H,4-9,16H2,1-3H3,(H,18,21)(H,19,22);2-5H,1H3;2H2,1H3. The maximum Gasteiger partial charge on any atom is 0.270 e. The quantitative estimate of drug-likeness (QED) is 0.0706. The molecule has 37 heavy (non-hydrogen) atoms. The normalized spacial score (nSPS) is 12.3. The molecular weight excluding hydrogens is 500 g/mol. The van der Waals surface area contributed by atoms with Crippen LogP contribution in [0.4, 0.5) is 5.69 Å². The van der Waals surface area contributed by atoms with Gasteiger partial charge in [-0.25, -0.2) is 0 Å². The van der Waals surface area contributed by atoms with E-state index >= 15 is 0 Å². The minimum absolute atomic E-state index is 0.0527. The summed E-state index contributed by atoms with van der Waals surface area (Å²) in [6.07, 6.45) is 5.94. The molecule has 210 valence electrons. The highest BCUT2D eigenvalue weighted by Gasteiger charge is 2.27. The van der Waals surface area contributed by atoms with Crippen molar-refractivity contribution in [3.8, 4) is 0 Å². The molecule has 0 saturated heterocycles. The van der Waals surface area contributed by atoms with Crippen LogP contribution in [0.15, 0.2) is 23.1 Å². The highest BCUT2D eigenvalue weighted by molar-refractivity contribution is 7.98. The van der Waals surface area contributed by atoms with Gasteiger partial charge in [-0.15, -0.1) is 11.8 Å². The minimum Gasteiger partial charge on any atom is -0.348 e. The van der Waals surface area contributed by atoms with Gasteiger partial charge in [-0.05, 0) is 58.1 Å². The van der Waals surface area contributed by atoms with E-state index in [1.165, 1.54) is 30.9 Å². The third-order valence-corrected chi connectivity index (χ3v) is 6.11. The van der Waals surface area contributed by atoms with Crippen LogP contribution in [0.5, 0.6) is 0 Å². The van der Waals surface area contributed by atoms with E-state index in [2.05, 4.69) is 21.7 Å². The maximum atomic E-state index is 12.3. The van der Waals surface area contributed by atoms with Crippen molar-refractivity contribution in [2.45, 2.75) is 56.5 Å². The number of nitro groups is 1. The molecule has 13 heteroatoms. The fourth-order valence-electron chi connectivity index (χ4n) is 3.13. The van der Waals surface area contributed by atoms with Crippen LogP contribution >= 0.6 is 11.8 Å². The molecule has 7 N–H and O–H groups in total. The van der Waals surface area contributed by atoms with Crippen molar-refractivity contribution in [3.05, 3.63) is 33.9 Å². The maximum absolute atomic E-state index is 12.3. The molecule has 0 aliphatic carbocycles. The first-order chi connectivity index (χ1) is 17.7. The molecule has 0 spiro atoms. The van der Waals surface area contributed by atoms with Gasteiger partial charge in [0.1, 0.15) is 12.3 Å². The number of aldehydes is 2. The van der Waals surface area contributed by atoms with E-state index in [0.717, 1.165) is 24.2 Å². The molecule has 0 bridgehead atoms. The van der Waals surface area contributed by atoms with Crippen LogP contribution < -0.4 is 27.4 Å². The summed E-state index contributed by atoms with van der Waals surface area (Å²) in [5.41, 5.74) is 10.3. The molecule has 0 aliphatic heterocycles. The predicted octanol–water partition coefficient (Wildman–Crippen LogP) is 1.25. The summed E-state index contributed by atoms with van der Waals surface area (Å²) in [5.74, 6) is -0.375. The zero-order valence-electron chi connectivity index (χ0n) is 22.3. The Labute approximate surface area is 223 Å². The number of unbranched alkanes of at least 4 members (excludes halogenated alkanes) is 1. The number of likely N-dealkylation sites (N-methyl/N-ethyl adjacent to an activating group) is 1. The number of amides is 2. The van der Waals surface area contributed by atoms with Crippen molar-refractivity contribution in [1.29, 1.82) is 0 Å². The van der Waals surface area contributed by atoms with Crippen LogP contribution in [0.25, 0.3) is 0 Å². The van der Waals surface area contributed by atoms with Crippen molar-refractivity contribution in [2.24, 2.45) is 17.4 Å². The zero-order valence-corrected chi connectivity index (χ0v) is 23.1. The Kier molecular flexibility index (Phi) is 21.9. The number of rotatable bonds is 15. The molecule has 2 amide bonds. The summed E-state index contributed by atoms with van der Waals surface area (Å²) in [6.45, 7) is 4.49. The number of nitrogens with zero attached hydrogens (tertiary/aromatic N) is 1. The molecule has 0 fully saturated rings. The molecule has 0 aromatic heterocycles. The van der Waals surface area contributed by atoms with Gasteiger partial charge in [-0.2, -0.15) is 0 Å². The van der Waals surface area contributed by atoms with Crippen molar-refractivity contribution in [1.82, 2.24) is 16.0 Å².